The normalized spacial score (nSPS) is 17.1. The highest BCUT2D eigenvalue weighted by Crippen LogP contribution is 2.23. The van der Waals surface area contributed by atoms with Crippen LogP contribution in [0.5, 0.6) is 0 Å². The first kappa shape index (κ1) is 13.0. The minimum atomic E-state index is -0.280. The highest BCUT2D eigenvalue weighted by Gasteiger charge is 2.27. The Morgan fingerprint density at radius 1 is 1.67 bits per heavy atom. The molecule has 1 saturated heterocycles. The number of thiophene rings is 1. The quantitative estimate of drug-likeness (QED) is 0.894. The van der Waals surface area contributed by atoms with Gasteiger partial charge in [-0.2, -0.15) is 0 Å². The van der Waals surface area contributed by atoms with Gasteiger partial charge in [0.1, 0.15) is 0 Å². The molecule has 0 aromatic carbocycles. The molecule has 1 N–H and O–H groups in total. The molecule has 0 saturated carbocycles. The van der Waals surface area contributed by atoms with Gasteiger partial charge in [-0.15, -0.1) is 11.3 Å². The Labute approximate surface area is 110 Å². The summed E-state index contributed by atoms with van der Waals surface area (Å²) in [5.41, 5.74) is 0. The number of amides is 3. The van der Waals surface area contributed by atoms with E-state index >= 15 is 0 Å². The number of likely N-dealkylation sites (N-methyl/N-ethyl adjacent to an activating group) is 1. The molecule has 1 fully saturated rings. The molecular weight excluding hydrogens is 250 g/mol. The maximum Gasteiger partial charge on any atom is 0.324 e. The van der Waals surface area contributed by atoms with Crippen molar-refractivity contribution in [2.45, 2.75) is 13.0 Å². The number of urea groups is 1. The minimum Gasteiger partial charge on any atom is -0.336 e. The molecule has 98 valence electrons. The number of imide groups is 1. The molecule has 0 aliphatic carbocycles. The molecule has 1 aromatic rings. The first-order valence-electron chi connectivity index (χ1n) is 5.91. The highest BCUT2D eigenvalue weighted by molar-refractivity contribution is 7.10. The van der Waals surface area contributed by atoms with Crippen LogP contribution >= 0.6 is 11.3 Å². The molecule has 3 amide bonds. The smallest absolute Gasteiger partial charge is 0.324 e. The third-order valence-electron chi connectivity index (χ3n) is 3.16. The van der Waals surface area contributed by atoms with Gasteiger partial charge in [0.25, 0.3) is 0 Å². The largest absolute Gasteiger partial charge is 0.336 e. The van der Waals surface area contributed by atoms with Gasteiger partial charge in [-0.25, -0.2) is 4.79 Å². The highest BCUT2D eigenvalue weighted by atomic mass is 32.1. The second-order valence-electron chi connectivity index (χ2n) is 4.38. The Morgan fingerprint density at radius 2 is 2.44 bits per heavy atom. The zero-order valence-electron chi connectivity index (χ0n) is 10.5. The third kappa shape index (κ3) is 2.70. The van der Waals surface area contributed by atoms with Gasteiger partial charge >= 0.3 is 6.03 Å². The van der Waals surface area contributed by atoms with Crippen molar-refractivity contribution in [2.24, 2.45) is 0 Å². The summed E-state index contributed by atoms with van der Waals surface area (Å²) in [7, 11) is 1.90. The number of hydrogen-bond donors (Lipinski definition) is 1. The van der Waals surface area contributed by atoms with Crippen LogP contribution in [0, 0.1) is 0 Å². The zero-order valence-corrected chi connectivity index (χ0v) is 11.4. The van der Waals surface area contributed by atoms with Crippen molar-refractivity contribution in [3.8, 4) is 0 Å². The fraction of sp³-hybridized carbons (Fsp3) is 0.500. The lowest BCUT2D eigenvalue weighted by Gasteiger charge is -2.24. The second-order valence-corrected chi connectivity index (χ2v) is 5.36. The molecule has 1 aromatic heterocycles. The number of carbonyl (C=O) groups excluding carboxylic acids is 2. The van der Waals surface area contributed by atoms with Crippen LogP contribution in [0.3, 0.4) is 0 Å². The lowest BCUT2D eigenvalue weighted by molar-refractivity contribution is -0.128. The maximum atomic E-state index is 12.0. The summed E-state index contributed by atoms with van der Waals surface area (Å²) in [6.07, 6.45) is 0. The Kier molecular flexibility index (Phi) is 3.98. The molecule has 0 radical (unpaired) electrons. The molecule has 2 heterocycles. The standard InChI is InChI=1S/C12H17N3O2S/c1-9(10-4-3-7-18-10)14(2)8-11(16)15-6-5-13-12(15)17/h3-4,7,9H,5-6,8H2,1-2H3,(H,13,17)/t9-/m0/s1. The molecule has 2 rings (SSSR count). The van der Waals surface area contributed by atoms with Crippen LogP contribution in [0.4, 0.5) is 4.79 Å². The van der Waals surface area contributed by atoms with Crippen molar-refractivity contribution in [2.75, 3.05) is 26.7 Å². The number of hydrogen-bond acceptors (Lipinski definition) is 4. The number of nitrogens with zero attached hydrogens (tertiary/aromatic N) is 2. The summed E-state index contributed by atoms with van der Waals surface area (Å²) in [4.78, 5) is 27.8. The fourth-order valence-electron chi connectivity index (χ4n) is 1.89. The van der Waals surface area contributed by atoms with E-state index in [9.17, 15) is 9.59 Å². The van der Waals surface area contributed by atoms with Crippen molar-refractivity contribution >= 4 is 23.3 Å². The summed E-state index contributed by atoms with van der Waals surface area (Å²) < 4.78 is 0. The molecule has 1 aliphatic rings. The lowest BCUT2D eigenvalue weighted by Crippen LogP contribution is -2.41. The molecule has 0 unspecified atom stereocenters. The van der Waals surface area contributed by atoms with Gasteiger partial charge in [0, 0.05) is 24.0 Å². The first-order valence-corrected chi connectivity index (χ1v) is 6.79. The van der Waals surface area contributed by atoms with Crippen LogP contribution in [0.1, 0.15) is 17.8 Å². The molecule has 18 heavy (non-hydrogen) atoms. The molecule has 1 aliphatic heterocycles. The van der Waals surface area contributed by atoms with E-state index in [1.807, 2.05) is 23.4 Å². The van der Waals surface area contributed by atoms with Gasteiger partial charge in [0.2, 0.25) is 5.91 Å². The van der Waals surface area contributed by atoms with Crippen LogP contribution in [-0.2, 0) is 4.79 Å². The van der Waals surface area contributed by atoms with E-state index in [0.717, 1.165) is 0 Å². The number of rotatable bonds is 4. The van der Waals surface area contributed by atoms with Crippen LogP contribution in [0.2, 0.25) is 0 Å². The molecule has 1 atom stereocenters. The zero-order chi connectivity index (χ0) is 13.1. The summed E-state index contributed by atoms with van der Waals surface area (Å²) in [5, 5.41) is 4.65. The van der Waals surface area contributed by atoms with Gasteiger partial charge in [0.05, 0.1) is 6.54 Å². The van der Waals surface area contributed by atoms with Crippen molar-refractivity contribution < 1.29 is 9.59 Å². The Bertz CT molecular complexity index is 433. The average Bonchev–Trinajstić information content (AvgIpc) is 2.98. The average molecular weight is 267 g/mol. The molecular formula is C12H17N3O2S. The SMILES string of the molecule is C[C@@H](c1cccs1)N(C)CC(=O)N1CCNC1=O. The van der Waals surface area contributed by atoms with Gasteiger partial charge in [0.15, 0.2) is 0 Å². The Morgan fingerprint density at radius 3 is 3.00 bits per heavy atom. The Balaban J connectivity index is 1.92. The van der Waals surface area contributed by atoms with E-state index < -0.39 is 0 Å². The van der Waals surface area contributed by atoms with Crippen LogP contribution in [0.15, 0.2) is 17.5 Å². The van der Waals surface area contributed by atoms with Crippen molar-refractivity contribution in [3.63, 3.8) is 0 Å². The lowest BCUT2D eigenvalue weighted by atomic mass is 10.2. The van der Waals surface area contributed by atoms with Gasteiger partial charge in [-0.05, 0) is 25.4 Å². The Hall–Kier alpha value is -1.40. The fourth-order valence-corrected chi connectivity index (χ4v) is 2.74. The van der Waals surface area contributed by atoms with E-state index in [1.54, 1.807) is 11.3 Å². The van der Waals surface area contributed by atoms with E-state index in [4.69, 9.17) is 0 Å². The maximum absolute atomic E-state index is 12.0. The van der Waals surface area contributed by atoms with Gasteiger partial charge < -0.3 is 5.32 Å². The summed E-state index contributed by atoms with van der Waals surface area (Å²) >= 11 is 1.67. The first-order chi connectivity index (χ1) is 8.59. The topological polar surface area (TPSA) is 52.7 Å². The molecule has 0 bridgehead atoms. The molecule has 6 heteroatoms. The van der Waals surface area contributed by atoms with Crippen LogP contribution < -0.4 is 5.32 Å². The van der Waals surface area contributed by atoms with Gasteiger partial charge in [-0.1, -0.05) is 6.07 Å². The van der Waals surface area contributed by atoms with Gasteiger partial charge in [-0.3, -0.25) is 14.6 Å². The third-order valence-corrected chi connectivity index (χ3v) is 4.20. The van der Waals surface area contributed by atoms with E-state index in [0.29, 0.717) is 13.1 Å². The minimum absolute atomic E-state index is 0.143. The summed E-state index contributed by atoms with van der Waals surface area (Å²) in [6.45, 7) is 3.34. The monoisotopic (exact) mass is 267 g/mol. The van der Waals surface area contributed by atoms with E-state index in [1.165, 1.54) is 9.78 Å². The van der Waals surface area contributed by atoms with E-state index in [-0.39, 0.29) is 24.5 Å². The van der Waals surface area contributed by atoms with E-state index in [2.05, 4.69) is 18.3 Å². The summed E-state index contributed by atoms with van der Waals surface area (Å²) in [5.74, 6) is -0.143. The van der Waals surface area contributed by atoms with Crippen LogP contribution in [0.25, 0.3) is 0 Å². The van der Waals surface area contributed by atoms with Crippen molar-refractivity contribution in [3.05, 3.63) is 22.4 Å². The number of nitrogens with one attached hydrogen (secondary N) is 1. The number of carbonyl (C=O) groups is 2. The predicted molar refractivity (Wildman–Crippen MR) is 70.5 cm³/mol. The molecule has 5 nitrogen and oxygen atoms in total. The van der Waals surface area contributed by atoms with Crippen LogP contribution in [-0.4, -0.2) is 48.4 Å². The molecule has 0 spiro atoms. The predicted octanol–water partition coefficient (Wildman–Crippen LogP) is 1.29. The second kappa shape index (κ2) is 5.49. The summed E-state index contributed by atoms with van der Waals surface area (Å²) in [6, 6.07) is 3.95. The van der Waals surface area contributed by atoms with Crippen molar-refractivity contribution in [1.29, 1.82) is 0 Å². The van der Waals surface area contributed by atoms with Crippen molar-refractivity contribution in [1.82, 2.24) is 15.1 Å².